The average Bonchev–Trinajstić information content (AvgIpc) is 3.18. The fraction of sp³-hybridized carbons (Fsp3) is 0.476. The van der Waals surface area contributed by atoms with Crippen LogP contribution in [0.4, 0.5) is 18.9 Å². The first-order valence-corrected chi connectivity index (χ1v) is 9.58. The van der Waals surface area contributed by atoms with E-state index in [-0.39, 0.29) is 17.9 Å². The van der Waals surface area contributed by atoms with E-state index in [1.165, 1.54) is 6.07 Å². The van der Waals surface area contributed by atoms with Gasteiger partial charge in [0, 0.05) is 25.3 Å². The Labute approximate surface area is 161 Å². The summed E-state index contributed by atoms with van der Waals surface area (Å²) in [6.07, 6.45) is 0.408. The normalized spacial score (nSPS) is 21.8. The maximum Gasteiger partial charge on any atom is 0.416 e. The lowest BCUT2D eigenvalue weighted by Crippen LogP contribution is -2.53. The predicted molar refractivity (Wildman–Crippen MR) is 98.8 cm³/mol. The van der Waals surface area contributed by atoms with E-state index in [2.05, 4.69) is 4.90 Å². The third kappa shape index (κ3) is 3.50. The molecule has 0 bridgehead atoms. The van der Waals surface area contributed by atoms with Crippen LogP contribution in [0.25, 0.3) is 0 Å². The second-order valence-corrected chi connectivity index (χ2v) is 7.68. The van der Waals surface area contributed by atoms with Crippen LogP contribution in [0.1, 0.15) is 36.1 Å². The van der Waals surface area contributed by atoms with Gasteiger partial charge >= 0.3 is 6.18 Å². The molecule has 2 aliphatic heterocycles. The highest BCUT2D eigenvalue weighted by Gasteiger charge is 2.41. The number of alkyl halides is 3. The first-order valence-electron chi connectivity index (χ1n) is 9.58. The van der Waals surface area contributed by atoms with Gasteiger partial charge in [-0.3, -0.25) is 4.79 Å². The highest BCUT2D eigenvalue weighted by molar-refractivity contribution is 5.82. The molecule has 7 heteroatoms. The molecule has 0 aliphatic carbocycles. The summed E-state index contributed by atoms with van der Waals surface area (Å²) in [7, 11) is 1.72. The van der Waals surface area contributed by atoms with Crippen LogP contribution in [0.3, 0.4) is 0 Å². The number of nitrogens with zero attached hydrogens (tertiary/aromatic N) is 2. The molecule has 4 rings (SSSR count). The van der Waals surface area contributed by atoms with Gasteiger partial charge in [-0.1, -0.05) is 0 Å². The highest BCUT2D eigenvalue weighted by Crippen LogP contribution is 2.41. The van der Waals surface area contributed by atoms with Crippen molar-refractivity contribution in [1.29, 1.82) is 0 Å². The molecule has 1 fully saturated rings. The van der Waals surface area contributed by atoms with Gasteiger partial charge in [0.05, 0.1) is 24.3 Å². The number of hydrogen-bond acceptors (Lipinski definition) is 3. The van der Waals surface area contributed by atoms with Crippen molar-refractivity contribution in [3.63, 3.8) is 0 Å². The van der Waals surface area contributed by atoms with Crippen molar-refractivity contribution in [1.82, 2.24) is 4.90 Å². The molecule has 0 spiro atoms. The van der Waals surface area contributed by atoms with Gasteiger partial charge in [0.1, 0.15) is 5.76 Å². The van der Waals surface area contributed by atoms with Crippen molar-refractivity contribution >= 4 is 11.6 Å². The standard InChI is InChI=1S/C21H23F3N2O2/c1-25(13-16-5-4-10-28-16)20(27)17-12-14-11-15(21(22,23)24)7-8-18(14)26-9-3-2-6-19(17)26/h4-5,7-8,10-11,17,19H,2-3,6,9,12-13H2,1H3. The fourth-order valence-corrected chi connectivity index (χ4v) is 4.50. The van der Waals surface area contributed by atoms with E-state index >= 15 is 0 Å². The maximum atomic E-state index is 13.2. The molecule has 1 aromatic heterocycles. The summed E-state index contributed by atoms with van der Waals surface area (Å²) >= 11 is 0. The number of amides is 1. The number of furan rings is 1. The minimum Gasteiger partial charge on any atom is -0.467 e. The van der Waals surface area contributed by atoms with Crippen LogP contribution in [0.5, 0.6) is 0 Å². The van der Waals surface area contributed by atoms with E-state index in [4.69, 9.17) is 4.42 Å². The van der Waals surface area contributed by atoms with Crippen molar-refractivity contribution in [3.8, 4) is 0 Å². The van der Waals surface area contributed by atoms with Crippen LogP contribution in [0, 0.1) is 5.92 Å². The molecule has 2 aliphatic rings. The number of hydrogen-bond donors (Lipinski definition) is 0. The number of carbonyl (C=O) groups excluding carboxylic acids is 1. The van der Waals surface area contributed by atoms with Gasteiger partial charge in [-0.25, -0.2) is 0 Å². The predicted octanol–water partition coefficient (Wildman–Crippen LogP) is 4.49. The highest BCUT2D eigenvalue weighted by atomic mass is 19.4. The summed E-state index contributed by atoms with van der Waals surface area (Å²) in [5, 5.41) is 0. The van der Waals surface area contributed by atoms with Crippen molar-refractivity contribution in [3.05, 3.63) is 53.5 Å². The summed E-state index contributed by atoms with van der Waals surface area (Å²) in [6, 6.07) is 7.55. The van der Waals surface area contributed by atoms with Crippen LogP contribution < -0.4 is 4.90 Å². The minimum absolute atomic E-state index is 0.0320. The SMILES string of the molecule is CN(Cc1ccco1)C(=O)C1Cc2cc(C(F)(F)F)ccc2N2CCCCC12. The number of fused-ring (bicyclic) bond motifs is 3. The summed E-state index contributed by atoms with van der Waals surface area (Å²) in [4.78, 5) is 17.0. The van der Waals surface area contributed by atoms with Crippen molar-refractivity contribution in [2.75, 3.05) is 18.5 Å². The molecule has 2 aromatic rings. The topological polar surface area (TPSA) is 36.7 Å². The number of carbonyl (C=O) groups is 1. The molecular formula is C21H23F3N2O2. The lowest BCUT2D eigenvalue weighted by molar-refractivity contribution is -0.137. The summed E-state index contributed by atoms with van der Waals surface area (Å²) in [5.41, 5.74) is 0.796. The Bertz CT molecular complexity index is 848. The van der Waals surface area contributed by atoms with E-state index in [0.29, 0.717) is 24.3 Å². The first-order chi connectivity index (χ1) is 13.3. The molecule has 28 heavy (non-hydrogen) atoms. The Hall–Kier alpha value is -2.44. The molecule has 3 heterocycles. The molecule has 4 nitrogen and oxygen atoms in total. The third-order valence-corrected chi connectivity index (χ3v) is 5.84. The van der Waals surface area contributed by atoms with E-state index in [9.17, 15) is 18.0 Å². The largest absolute Gasteiger partial charge is 0.467 e. The molecule has 1 aromatic carbocycles. The maximum absolute atomic E-state index is 13.2. The molecule has 2 atom stereocenters. The van der Waals surface area contributed by atoms with Gasteiger partial charge in [0.15, 0.2) is 0 Å². The number of piperidine rings is 1. The number of halogens is 3. The summed E-state index contributed by atoms with van der Waals surface area (Å²) in [5.74, 6) is 0.291. The molecule has 2 unspecified atom stereocenters. The zero-order valence-corrected chi connectivity index (χ0v) is 15.7. The van der Waals surface area contributed by atoms with E-state index in [1.807, 2.05) is 6.07 Å². The van der Waals surface area contributed by atoms with Crippen LogP contribution in [-0.4, -0.2) is 30.4 Å². The van der Waals surface area contributed by atoms with Crippen LogP contribution in [0.15, 0.2) is 41.0 Å². The Morgan fingerprint density at radius 2 is 2.11 bits per heavy atom. The Balaban J connectivity index is 1.63. The van der Waals surface area contributed by atoms with Gasteiger partial charge in [-0.2, -0.15) is 13.2 Å². The van der Waals surface area contributed by atoms with Crippen molar-refractivity contribution in [2.24, 2.45) is 5.92 Å². The lowest BCUT2D eigenvalue weighted by atomic mass is 9.79. The molecule has 150 valence electrons. The smallest absolute Gasteiger partial charge is 0.416 e. The molecule has 1 amide bonds. The molecular weight excluding hydrogens is 369 g/mol. The van der Waals surface area contributed by atoms with Gasteiger partial charge < -0.3 is 14.2 Å². The summed E-state index contributed by atoms with van der Waals surface area (Å²) < 4.78 is 44.9. The Kier molecular flexibility index (Phi) is 4.85. The van der Waals surface area contributed by atoms with Gasteiger partial charge in [-0.15, -0.1) is 0 Å². The fourth-order valence-electron chi connectivity index (χ4n) is 4.50. The van der Waals surface area contributed by atoms with Crippen LogP contribution in [0.2, 0.25) is 0 Å². The van der Waals surface area contributed by atoms with Crippen molar-refractivity contribution in [2.45, 2.75) is 44.4 Å². The van der Waals surface area contributed by atoms with Crippen molar-refractivity contribution < 1.29 is 22.4 Å². The summed E-state index contributed by atoms with van der Waals surface area (Å²) in [6.45, 7) is 1.12. The molecule has 0 radical (unpaired) electrons. The molecule has 0 N–H and O–H groups in total. The second kappa shape index (κ2) is 7.18. The van der Waals surface area contributed by atoms with Crippen LogP contribution in [-0.2, 0) is 23.9 Å². The monoisotopic (exact) mass is 392 g/mol. The zero-order chi connectivity index (χ0) is 19.9. The van der Waals surface area contributed by atoms with E-state index in [0.717, 1.165) is 37.6 Å². The van der Waals surface area contributed by atoms with Gasteiger partial charge in [0.2, 0.25) is 5.91 Å². The number of anilines is 1. The van der Waals surface area contributed by atoms with Gasteiger partial charge in [-0.05, 0) is 61.6 Å². The lowest BCUT2D eigenvalue weighted by Gasteiger charge is -2.46. The Morgan fingerprint density at radius 1 is 1.29 bits per heavy atom. The van der Waals surface area contributed by atoms with E-state index in [1.54, 1.807) is 30.3 Å². The average molecular weight is 392 g/mol. The van der Waals surface area contributed by atoms with Crippen LogP contribution >= 0.6 is 0 Å². The molecule has 0 saturated carbocycles. The second-order valence-electron chi connectivity index (χ2n) is 7.68. The number of rotatable bonds is 3. The van der Waals surface area contributed by atoms with Gasteiger partial charge in [0.25, 0.3) is 0 Å². The minimum atomic E-state index is -4.39. The Morgan fingerprint density at radius 3 is 2.82 bits per heavy atom. The quantitative estimate of drug-likeness (QED) is 0.772. The zero-order valence-electron chi connectivity index (χ0n) is 15.7. The first kappa shape index (κ1) is 18.9. The number of benzene rings is 1. The molecule has 1 saturated heterocycles. The van der Waals surface area contributed by atoms with E-state index < -0.39 is 11.7 Å². The third-order valence-electron chi connectivity index (χ3n) is 5.84.